The molecule has 3 heterocycles. The number of para-hydroxylation sites is 2. The number of benzene rings is 4. The van der Waals surface area contributed by atoms with Crippen molar-refractivity contribution in [2.75, 3.05) is 65.8 Å². The third kappa shape index (κ3) is 11.8. The number of hydrogen-bond acceptors (Lipinski definition) is 9. The van der Waals surface area contributed by atoms with E-state index in [2.05, 4.69) is 19.4 Å². The van der Waals surface area contributed by atoms with Crippen LogP contribution in [0, 0.1) is 13.8 Å². The van der Waals surface area contributed by atoms with Gasteiger partial charge in [0.25, 0.3) is 0 Å². The molecule has 0 aliphatic carbocycles. The van der Waals surface area contributed by atoms with E-state index in [1.807, 2.05) is 62.4 Å². The number of nitrogens with zero attached hydrogens (tertiary/aromatic N) is 2. The molecule has 63 heavy (non-hydrogen) atoms. The average Bonchev–Trinajstić information content (AvgIpc) is 3.88. The van der Waals surface area contributed by atoms with E-state index >= 15 is 0 Å². The van der Waals surface area contributed by atoms with Crippen molar-refractivity contribution in [2.24, 2.45) is 0 Å². The Balaban J connectivity index is 1.08. The van der Waals surface area contributed by atoms with Crippen LogP contribution < -0.4 is 9.44 Å². The van der Waals surface area contributed by atoms with Gasteiger partial charge in [-0.15, -0.1) is 0 Å². The van der Waals surface area contributed by atoms with Gasteiger partial charge in [0.2, 0.25) is 31.9 Å². The molecule has 1 aliphatic rings. The Morgan fingerprint density at radius 1 is 0.540 bits per heavy atom. The van der Waals surface area contributed by atoms with Crippen LogP contribution in [-0.2, 0) is 56.7 Å². The second-order valence-electron chi connectivity index (χ2n) is 15.6. The van der Waals surface area contributed by atoms with Gasteiger partial charge in [0.1, 0.15) is 12.1 Å². The maximum absolute atomic E-state index is 14.5. The minimum absolute atomic E-state index is 0.0410. The van der Waals surface area contributed by atoms with Crippen LogP contribution in [0.3, 0.4) is 0 Å². The van der Waals surface area contributed by atoms with Crippen LogP contribution in [0.5, 0.6) is 0 Å². The van der Waals surface area contributed by atoms with Gasteiger partial charge in [0, 0.05) is 60.4 Å². The van der Waals surface area contributed by atoms with Crippen molar-refractivity contribution in [2.45, 2.75) is 48.6 Å². The Morgan fingerprint density at radius 3 is 1.27 bits per heavy atom. The molecule has 6 aromatic rings. The van der Waals surface area contributed by atoms with Gasteiger partial charge in [-0.3, -0.25) is 9.59 Å². The Hall–Kier alpha value is -5.40. The van der Waals surface area contributed by atoms with E-state index in [1.54, 1.807) is 36.7 Å². The average molecular weight is 899 g/mol. The lowest BCUT2D eigenvalue weighted by Crippen LogP contribution is -2.51. The Morgan fingerprint density at radius 2 is 0.889 bits per heavy atom. The van der Waals surface area contributed by atoms with Crippen LogP contribution in [0.2, 0.25) is 0 Å². The number of amides is 2. The van der Waals surface area contributed by atoms with Crippen LogP contribution in [0.15, 0.2) is 119 Å². The largest absolute Gasteiger partial charge is 0.378 e. The molecule has 4 aromatic carbocycles. The highest BCUT2D eigenvalue weighted by Crippen LogP contribution is 2.23. The zero-order valence-corrected chi connectivity index (χ0v) is 37.1. The molecule has 17 heteroatoms. The van der Waals surface area contributed by atoms with Gasteiger partial charge in [0.15, 0.2) is 0 Å². The highest BCUT2D eigenvalue weighted by atomic mass is 32.2. The first-order valence-corrected chi connectivity index (χ1v) is 23.9. The fourth-order valence-corrected chi connectivity index (χ4v) is 9.95. The zero-order chi connectivity index (χ0) is 44.4. The molecular formula is C46H54N6O9S2. The normalized spacial score (nSPS) is 16.3. The first kappa shape index (κ1) is 45.6. The number of ether oxygens (including phenoxy) is 3. The fraction of sp³-hybridized carbons (Fsp3) is 0.348. The van der Waals surface area contributed by atoms with Gasteiger partial charge in [-0.2, -0.15) is 9.44 Å². The minimum Gasteiger partial charge on any atom is -0.378 e. The number of sulfonamides is 2. The van der Waals surface area contributed by atoms with Gasteiger partial charge in [-0.1, -0.05) is 71.8 Å². The minimum atomic E-state index is -4.12. The molecule has 0 spiro atoms. The Labute approximate surface area is 368 Å². The molecule has 4 N–H and O–H groups in total. The van der Waals surface area contributed by atoms with Crippen LogP contribution in [0.25, 0.3) is 21.8 Å². The zero-order valence-electron chi connectivity index (χ0n) is 35.4. The number of aryl methyl sites for hydroxylation is 2. The van der Waals surface area contributed by atoms with Gasteiger partial charge in [-0.25, -0.2) is 16.8 Å². The van der Waals surface area contributed by atoms with E-state index in [9.17, 15) is 26.4 Å². The number of H-pyrrole nitrogens is 2. The fourth-order valence-electron chi connectivity index (χ4n) is 7.57. The summed E-state index contributed by atoms with van der Waals surface area (Å²) in [5, 5.41) is 1.75. The third-order valence-electron chi connectivity index (χ3n) is 11.1. The molecule has 15 nitrogen and oxygen atoms in total. The molecule has 0 saturated carbocycles. The summed E-state index contributed by atoms with van der Waals surface area (Å²) >= 11 is 0. The summed E-state index contributed by atoms with van der Waals surface area (Å²) in [6.07, 6.45) is 3.72. The summed E-state index contributed by atoms with van der Waals surface area (Å²) in [7, 11) is -8.23. The van der Waals surface area contributed by atoms with E-state index < -0.39 is 43.9 Å². The molecule has 2 atom stereocenters. The van der Waals surface area contributed by atoms with E-state index in [-0.39, 0.29) is 88.5 Å². The molecule has 2 amide bonds. The van der Waals surface area contributed by atoms with Crippen LogP contribution in [-0.4, -0.2) is 126 Å². The molecule has 7 rings (SSSR count). The van der Waals surface area contributed by atoms with Crippen molar-refractivity contribution in [3.05, 3.63) is 132 Å². The number of rotatable bonds is 12. The molecule has 2 unspecified atom stereocenters. The number of aromatic nitrogens is 2. The van der Waals surface area contributed by atoms with Crippen LogP contribution in [0.4, 0.5) is 0 Å². The molecule has 1 saturated heterocycles. The van der Waals surface area contributed by atoms with Gasteiger partial charge < -0.3 is 34.0 Å². The molecule has 0 radical (unpaired) electrons. The summed E-state index contributed by atoms with van der Waals surface area (Å²) in [5.41, 5.74) is 5.05. The monoisotopic (exact) mass is 898 g/mol. The predicted octanol–water partition coefficient (Wildman–Crippen LogP) is 4.47. The molecule has 0 bridgehead atoms. The number of nitrogens with one attached hydrogen (secondary N) is 4. The van der Waals surface area contributed by atoms with Crippen molar-refractivity contribution in [3.63, 3.8) is 0 Å². The van der Waals surface area contributed by atoms with Crippen LogP contribution in [0.1, 0.15) is 22.3 Å². The lowest BCUT2D eigenvalue weighted by Gasteiger charge is -2.29. The summed E-state index contributed by atoms with van der Waals surface area (Å²) in [6, 6.07) is 25.7. The van der Waals surface area contributed by atoms with Gasteiger partial charge in [-0.05, 0) is 74.2 Å². The van der Waals surface area contributed by atoms with Crippen molar-refractivity contribution in [1.29, 1.82) is 0 Å². The lowest BCUT2D eigenvalue weighted by atomic mass is 10.0. The molecule has 1 aliphatic heterocycles. The van der Waals surface area contributed by atoms with Gasteiger partial charge >= 0.3 is 0 Å². The van der Waals surface area contributed by atoms with Crippen molar-refractivity contribution >= 4 is 53.7 Å². The highest BCUT2D eigenvalue weighted by Gasteiger charge is 2.32. The van der Waals surface area contributed by atoms with Crippen LogP contribution >= 0.6 is 0 Å². The van der Waals surface area contributed by atoms with E-state index in [1.165, 1.54) is 34.1 Å². The number of aromatic amines is 2. The molecule has 334 valence electrons. The van der Waals surface area contributed by atoms with Crippen molar-refractivity contribution in [1.82, 2.24) is 29.2 Å². The second-order valence-corrected chi connectivity index (χ2v) is 19.0. The van der Waals surface area contributed by atoms with Crippen molar-refractivity contribution in [3.8, 4) is 0 Å². The summed E-state index contributed by atoms with van der Waals surface area (Å²) in [6.45, 7) is 5.06. The number of carbonyl (C=O) groups excluding carboxylic acids is 2. The third-order valence-corrected chi connectivity index (χ3v) is 14.0. The SMILES string of the molecule is Cc1ccc(S(=O)(=O)NC(Cc2c[nH]c3ccccc23)C(=O)N2CCOCCOCCN(C(=O)C(Cc3c[nH]c4ccccc34)NS(=O)(=O)c3ccc(C)cc3)CCOCC2)cc1. The smallest absolute Gasteiger partial charge is 0.241 e. The Bertz CT molecular complexity index is 2520. The topological polar surface area (TPSA) is 192 Å². The number of carbonyl (C=O) groups is 2. The molecular weight excluding hydrogens is 845 g/mol. The summed E-state index contributed by atoms with van der Waals surface area (Å²) < 4.78 is 78.2. The van der Waals surface area contributed by atoms with E-state index in [0.29, 0.717) is 0 Å². The maximum atomic E-state index is 14.5. The predicted molar refractivity (Wildman–Crippen MR) is 240 cm³/mol. The Kier molecular flexibility index (Phi) is 15.1. The first-order valence-electron chi connectivity index (χ1n) is 21.0. The standard InChI is InChI=1S/C46H54N6O9S2/c1-33-11-15-37(16-12-33)62(55,56)49-43(29-35-31-47-41-9-5-3-7-39(35)41)45(53)51-19-23-59-24-20-52(22-26-61-28-27-60-25-21-51)46(54)44(30-36-32-48-42-10-6-4-8-40(36)42)50-63(57,58)38-17-13-34(2)14-18-38/h3-18,31-32,43-44,47-50H,19-30H2,1-2H3. The maximum Gasteiger partial charge on any atom is 0.241 e. The first-order chi connectivity index (χ1) is 30.4. The second kappa shape index (κ2) is 20.9. The highest BCUT2D eigenvalue weighted by molar-refractivity contribution is 7.89. The van der Waals surface area contributed by atoms with E-state index in [4.69, 9.17) is 14.2 Å². The quantitative estimate of drug-likeness (QED) is 0.137. The molecule has 1 fully saturated rings. The van der Waals surface area contributed by atoms with E-state index in [0.717, 1.165) is 44.1 Å². The molecule has 2 aromatic heterocycles. The van der Waals surface area contributed by atoms with Gasteiger partial charge in [0.05, 0.1) is 49.4 Å². The number of fused-ring (bicyclic) bond motifs is 2. The summed E-state index contributed by atoms with van der Waals surface area (Å²) in [4.78, 5) is 38.6. The van der Waals surface area contributed by atoms with Crippen molar-refractivity contribution < 1.29 is 40.6 Å². The number of hydrogen-bond donors (Lipinski definition) is 4. The summed E-state index contributed by atoms with van der Waals surface area (Å²) in [5.74, 6) is -0.914. The lowest BCUT2D eigenvalue weighted by molar-refractivity contribution is -0.134.